The van der Waals surface area contributed by atoms with Gasteiger partial charge in [0.2, 0.25) is 0 Å². The van der Waals surface area contributed by atoms with Crippen molar-refractivity contribution in [3.05, 3.63) is 0 Å². The van der Waals surface area contributed by atoms with Crippen molar-refractivity contribution in [3.8, 4) is 0 Å². The third-order valence-electron chi connectivity index (χ3n) is 3.32. The summed E-state index contributed by atoms with van der Waals surface area (Å²) in [5.74, 6) is 0. The minimum absolute atomic E-state index is 0.400. The van der Waals surface area contributed by atoms with Crippen LogP contribution in [0.1, 0.15) is 48.0 Å². The fourth-order valence-corrected chi connectivity index (χ4v) is 3.29. The van der Waals surface area contributed by atoms with Gasteiger partial charge in [-0.2, -0.15) is 11.8 Å². The molecule has 0 aromatic rings. The predicted molar refractivity (Wildman–Crippen MR) is 86.6 cm³/mol. The van der Waals surface area contributed by atoms with Crippen molar-refractivity contribution in [3.63, 3.8) is 0 Å². The summed E-state index contributed by atoms with van der Waals surface area (Å²) in [5, 5.41) is 3.41. The average molecular weight is 275 g/mol. The first kappa shape index (κ1) is 18.3. The van der Waals surface area contributed by atoms with Crippen LogP contribution in [0.15, 0.2) is 0 Å². The summed E-state index contributed by atoms with van der Waals surface area (Å²) in [6, 6.07) is 0. The third kappa shape index (κ3) is 7.65. The molecule has 1 rings (SSSR count). The summed E-state index contributed by atoms with van der Waals surface area (Å²) in [6.45, 7) is 19.5. The largest absolute Gasteiger partial charge is 0.314 e. The fraction of sp³-hybridized carbons (Fsp3) is 1.00. The zero-order valence-electron chi connectivity index (χ0n) is 13.6. The lowest BCUT2D eigenvalue weighted by molar-refractivity contribution is 0.146. The lowest BCUT2D eigenvalue weighted by Gasteiger charge is -2.39. The molecule has 0 aliphatic carbocycles. The monoisotopic (exact) mass is 274 g/mol. The Morgan fingerprint density at radius 1 is 1.06 bits per heavy atom. The predicted octanol–water partition coefficient (Wildman–Crippen LogP) is 3.48. The normalized spacial score (nSPS) is 18.2. The first-order valence-corrected chi connectivity index (χ1v) is 8.55. The molecule has 1 heterocycles. The average Bonchev–Trinajstić information content (AvgIpc) is 2.31. The smallest absolute Gasteiger partial charge is 0.0108 e. The maximum absolute atomic E-state index is 3.41. The SMILES string of the molecule is CC.CSC(C)(C)CC(C)(C)CN1CCNCC1. The molecular weight excluding hydrogens is 240 g/mol. The van der Waals surface area contributed by atoms with Gasteiger partial charge in [0.05, 0.1) is 0 Å². The van der Waals surface area contributed by atoms with E-state index in [1.54, 1.807) is 0 Å². The molecule has 3 heteroatoms. The Hall–Kier alpha value is 0.270. The van der Waals surface area contributed by atoms with Crippen molar-refractivity contribution in [2.75, 3.05) is 39.0 Å². The second-order valence-electron chi connectivity index (χ2n) is 6.33. The number of piperazine rings is 1. The molecule has 1 N–H and O–H groups in total. The standard InChI is InChI=1S/C13H28N2S.C2H6/c1-12(2,10-13(3,4)16-5)11-15-8-6-14-7-9-15;1-2/h14H,6-11H2,1-5H3;1-2H3. The van der Waals surface area contributed by atoms with Gasteiger partial charge in [-0.1, -0.05) is 41.5 Å². The van der Waals surface area contributed by atoms with E-state index in [1.807, 2.05) is 25.6 Å². The molecule has 0 amide bonds. The first-order valence-electron chi connectivity index (χ1n) is 7.33. The van der Waals surface area contributed by atoms with Crippen LogP contribution < -0.4 is 5.32 Å². The summed E-state index contributed by atoms with van der Waals surface area (Å²) in [4.78, 5) is 2.60. The van der Waals surface area contributed by atoms with Crippen molar-refractivity contribution < 1.29 is 0 Å². The molecule has 1 saturated heterocycles. The van der Waals surface area contributed by atoms with E-state index in [4.69, 9.17) is 0 Å². The third-order valence-corrected chi connectivity index (χ3v) is 4.57. The second-order valence-corrected chi connectivity index (χ2v) is 7.84. The van der Waals surface area contributed by atoms with E-state index in [9.17, 15) is 0 Å². The van der Waals surface area contributed by atoms with Crippen LogP contribution in [0.2, 0.25) is 0 Å². The summed E-state index contributed by atoms with van der Waals surface area (Å²) in [5.41, 5.74) is 0.420. The molecule has 0 spiro atoms. The maximum atomic E-state index is 3.41. The topological polar surface area (TPSA) is 15.3 Å². The number of nitrogens with one attached hydrogen (secondary N) is 1. The van der Waals surface area contributed by atoms with Crippen LogP contribution in [0.5, 0.6) is 0 Å². The van der Waals surface area contributed by atoms with Gasteiger partial charge < -0.3 is 10.2 Å². The molecular formula is C15H34N2S. The quantitative estimate of drug-likeness (QED) is 0.826. The fourth-order valence-electron chi connectivity index (χ4n) is 2.76. The van der Waals surface area contributed by atoms with E-state index in [2.05, 4.69) is 44.2 Å². The summed E-state index contributed by atoms with van der Waals surface area (Å²) in [6.07, 6.45) is 3.51. The zero-order chi connectivity index (χ0) is 14.2. The van der Waals surface area contributed by atoms with Crippen LogP contribution in [-0.2, 0) is 0 Å². The minimum atomic E-state index is 0.400. The minimum Gasteiger partial charge on any atom is -0.314 e. The Morgan fingerprint density at radius 3 is 2.00 bits per heavy atom. The Balaban J connectivity index is 0.00000137. The van der Waals surface area contributed by atoms with Crippen molar-refractivity contribution in [2.24, 2.45) is 5.41 Å². The Kier molecular flexibility index (Phi) is 8.57. The van der Waals surface area contributed by atoms with E-state index in [0.717, 1.165) is 13.1 Å². The number of thioether (sulfide) groups is 1. The lowest BCUT2D eigenvalue weighted by Crippen LogP contribution is -2.47. The Morgan fingerprint density at radius 2 is 1.56 bits per heavy atom. The van der Waals surface area contributed by atoms with Crippen LogP contribution in [-0.4, -0.2) is 48.6 Å². The van der Waals surface area contributed by atoms with Gasteiger partial charge in [0.25, 0.3) is 0 Å². The number of nitrogens with zero attached hydrogens (tertiary/aromatic N) is 1. The first-order chi connectivity index (χ1) is 8.35. The molecule has 0 radical (unpaired) electrons. The van der Waals surface area contributed by atoms with Crippen molar-refractivity contribution in [2.45, 2.75) is 52.7 Å². The van der Waals surface area contributed by atoms with Crippen molar-refractivity contribution >= 4 is 11.8 Å². The molecule has 0 aromatic heterocycles. The van der Waals surface area contributed by atoms with Crippen LogP contribution >= 0.6 is 11.8 Å². The number of hydrogen-bond donors (Lipinski definition) is 1. The number of rotatable bonds is 5. The van der Waals surface area contributed by atoms with E-state index in [0.29, 0.717) is 10.2 Å². The molecule has 0 unspecified atom stereocenters. The molecule has 1 fully saturated rings. The van der Waals surface area contributed by atoms with Crippen LogP contribution in [0, 0.1) is 5.41 Å². The second kappa shape index (κ2) is 8.44. The molecule has 2 nitrogen and oxygen atoms in total. The summed E-state index contributed by atoms with van der Waals surface area (Å²) in [7, 11) is 0. The van der Waals surface area contributed by atoms with Gasteiger partial charge in [0, 0.05) is 37.5 Å². The van der Waals surface area contributed by atoms with Crippen LogP contribution in [0.4, 0.5) is 0 Å². The van der Waals surface area contributed by atoms with Gasteiger partial charge in [-0.25, -0.2) is 0 Å². The van der Waals surface area contributed by atoms with Gasteiger partial charge in [0.1, 0.15) is 0 Å². The highest BCUT2D eigenvalue weighted by molar-refractivity contribution is 7.99. The van der Waals surface area contributed by atoms with Gasteiger partial charge in [-0.15, -0.1) is 0 Å². The van der Waals surface area contributed by atoms with E-state index in [1.165, 1.54) is 26.1 Å². The highest BCUT2D eigenvalue weighted by Gasteiger charge is 2.30. The zero-order valence-corrected chi connectivity index (χ0v) is 14.4. The van der Waals surface area contributed by atoms with Gasteiger partial charge >= 0.3 is 0 Å². The molecule has 110 valence electrons. The Bertz CT molecular complexity index is 209. The highest BCUT2D eigenvalue weighted by Crippen LogP contribution is 2.36. The van der Waals surface area contributed by atoms with E-state index >= 15 is 0 Å². The molecule has 0 bridgehead atoms. The van der Waals surface area contributed by atoms with Crippen molar-refractivity contribution in [1.82, 2.24) is 10.2 Å². The summed E-state index contributed by atoms with van der Waals surface area (Å²) >= 11 is 1.99. The van der Waals surface area contributed by atoms with E-state index in [-0.39, 0.29) is 0 Å². The highest BCUT2D eigenvalue weighted by atomic mass is 32.2. The molecule has 0 atom stereocenters. The van der Waals surface area contributed by atoms with Gasteiger partial charge in [-0.05, 0) is 18.1 Å². The Labute approximate surface area is 119 Å². The van der Waals surface area contributed by atoms with Crippen LogP contribution in [0.3, 0.4) is 0 Å². The molecule has 18 heavy (non-hydrogen) atoms. The molecule has 0 saturated carbocycles. The van der Waals surface area contributed by atoms with Gasteiger partial charge in [0.15, 0.2) is 0 Å². The molecule has 0 aromatic carbocycles. The van der Waals surface area contributed by atoms with Crippen molar-refractivity contribution in [1.29, 1.82) is 0 Å². The molecule has 1 aliphatic rings. The van der Waals surface area contributed by atoms with Crippen LogP contribution in [0.25, 0.3) is 0 Å². The number of hydrogen-bond acceptors (Lipinski definition) is 3. The van der Waals surface area contributed by atoms with E-state index < -0.39 is 0 Å². The summed E-state index contributed by atoms with van der Waals surface area (Å²) < 4.78 is 0.400. The molecule has 1 aliphatic heterocycles. The van der Waals surface area contributed by atoms with Gasteiger partial charge in [-0.3, -0.25) is 0 Å². The lowest BCUT2D eigenvalue weighted by atomic mass is 9.83. The maximum Gasteiger partial charge on any atom is 0.0108 e.